The van der Waals surface area contributed by atoms with Gasteiger partial charge in [-0.1, -0.05) is 25.5 Å². The third-order valence-corrected chi connectivity index (χ3v) is 2.10. The van der Waals surface area contributed by atoms with Crippen LogP contribution in [0.1, 0.15) is 50.0 Å². The lowest BCUT2D eigenvalue weighted by Crippen LogP contribution is -2.10. The highest BCUT2D eigenvalue weighted by molar-refractivity contribution is 5.94. The highest BCUT2D eigenvalue weighted by Gasteiger charge is 2.11. The molecule has 1 aromatic heterocycles. The Morgan fingerprint density at radius 1 is 1.43 bits per heavy atom. The second kappa shape index (κ2) is 5.52. The van der Waals surface area contributed by atoms with E-state index >= 15 is 0 Å². The van der Waals surface area contributed by atoms with Crippen molar-refractivity contribution in [1.29, 1.82) is 0 Å². The first-order valence-corrected chi connectivity index (χ1v) is 5.21. The minimum atomic E-state index is 0.158. The SMILES string of the molecule is CCCCC(=O)c1cnnn1CCC. The van der Waals surface area contributed by atoms with E-state index in [4.69, 9.17) is 0 Å². The number of hydrogen-bond donors (Lipinski definition) is 0. The van der Waals surface area contributed by atoms with Gasteiger partial charge in [0.2, 0.25) is 0 Å². The van der Waals surface area contributed by atoms with Crippen LogP contribution in [0.4, 0.5) is 0 Å². The van der Waals surface area contributed by atoms with Crippen LogP contribution in [0.25, 0.3) is 0 Å². The molecule has 1 rings (SSSR count). The van der Waals surface area contributed by atoms with Crippen molar-refractivity contribution < 1.29 is 4.79 Å². The Kier molecular flexibility index (Phi) is 4.29. The van der Waals surface area contributed by atoms with E-state index in [0.29, 0.717) is 12.1 Å². The summed E-state index contributed by atoms with van der Waals surface area (Å²) in [7, 11) is 0. The van der Waals surface area contributed by atoms with Gasteiger partial charge < -0.3 is 0 Å². The summed E-state index contributed by atoms with van der Waals surface area (Å²) in [5, 5.41) is 7.64. The van der Waals surface area contributed by atoms with E-state index in [2.05, 4.69) is 24.2 Å². The fourth-order valence-electron chi connectivity index (χ4n) is 1.32. The summed E-state index contributed by atoms with van der Waals surface area (Å²) in [6, 6.07) is 0. The zero-order valence-corrected chi connectivity index (χ0v) is 8.86. The first-order chi connectivity index (χ1) is 6.79. The molecule has 1 heterocycles. The second-order valence-electron chi connectivity index (χ2n) is 3.37. The maximum Gasteiger partial charge on any atom is 0.182 e. The molecule has 0 aromatic carbocycles. The van der Waals surface area contributed by atoms with Crippen LogP contribution in [-0.4, -0.2) is 20.8 Å². The molecule has 0 radical (unpaired) electrons. The van der Waals surface area contributed by atoms with E-state index in [1.807, 2.05) is 0 Å². The molecular weight excluding hydrogens is 178 g/mol. The summed E-state index contributed by atoms with van der Waals surface area (Å²) in [5.74, 6) is 0.158. The van der Waals surface area contributed by atoms with Crippen molar-refractivity contribution in [3.05, 3.63) is 11.9 Å². The number of nitrogens with zero attached hydrogens (tertiary/aromatic N) is 3. The highest BCUT2D eigenvalue weighted by Crippen LogP contribution is 2.05. The van der Waals surface area contributed by atoms with Crippen LogP contribution in [0.3, 0.4) is 0 Å². The molecule has 0 saturated carbocycles. The van der Waals surface area contributed by atoms with Crippen LogP contribution in [0.15, 0.2) is 6.20 Å². The van der Waals surface area contributed by atoms with Gasteiger partial charge in [0.25, 0.3) is 0 Å². The fraction of sp³-hybridized carbons (Fsp3) is 0.700. The van der Waals surface area contributed by atoms with Crippen molar-refractivity contribution in [3.63, 3.8) is 0 Å². The first-order valence-electron chi connectivity index (χ1n) is 5.21. The lowest BCUT2D eigenvalue weighted by molar-refractivity contribution is 0.0969. The van der Waals surface area contributed by atoms with Gasteiger partial charge in [-0.2, -0.15) is 0 Å². The standard InChI is InChI=1S/C10H17N3O/c1-3-5-6-10(14)9-8-11-12-13(9)7-4-2/h8H,3-7H2,1-2H3. The largest absolute Gasteiger partial charge is 0.292 e. The summed E-state index contributed by atoms with van der Waals surface area (Å²) >= 11 is 0. The van der Waals surface area contributed by atoms with Gasteiger partial charge in [0.1, 0.15) is 5.69 Å². The molecule has 0 atom stereocenters. The number of carbonyl (C=O) groups excluding carboxylic acids is 1. The molecule has 0 aliphatic carbocycles. The first kappa shape index (κ1) is 10.9. The van der Waals surface area contributed by atoms with Gasteiger partial charge in [-0.05, 0) is 12.8 Å². The van der Waals surface area contributed by atoms with Crippen LogP contribution >= 0.6 is 0 Å². The number of unbranched alkanes of at least 4 members (excludes halogenated alkanes) is 1. The van der Waals surface area contributed by atoms with Crippen molar-refractivity contribution >= 4 is 5.78 Å². The molecule has 0 N–H and O–H groups in total. The van der Waals surface area contributed by atoms with Gasteiger partial charge in [0.15, 0.2) is 5.78 Å². The molecule has 0 saturated heterocycles. The molecular formula is C10H17N3O. The Labute approximate surface area is 84.3 Å². The molecule has 1 aromatic rings. The number of hydrogen-bond acceptors (Lipinski definition) is 3. The predicted molar refractivity (Wildman–Crippen MR) is 54.2 cm³/mol. The number of carbonyl (C=O) groups is 1. The molecule has 14 heavy (non-hydrogen) atoms. The monoisotopic (exact) mass is 195 g/mol. The molecule has 78 valence electrons. The normalized spacial score (nSPS) is 10.4. The van der Waals surface area contributed by atoms with Gasteiger partial charge in [0.05, 0.1) is 6.20 Å². The van der Waals surface area contributed by atoms with Crippen LogP contribution < -0.4 is 0 Å². The van der Waals surface area contributed by atoms with E-state index < -0.39 is 0 Å². The minimum absolute atomic E-state index is 0.158. The Hall–Kier alpha value is -1.19. The Morgan fingerprint density at radius 3 is 2.86 bits per heavy atom. The number of ketones is 1. The average Bonchev–Trinajstić information content (AvgIpc) is 2.63. The lowest BCUT2D eigenvalue weighted by atomic mass is 10.1. The van der Waals surface area contributed by atoms with E-state index in [1.54, 1.807) is 10.9 Å². The fourth-order valence-corrected chi connectivity index (χ4v) is 1.32. The van der Waals surface area contributed by atoms with Crippen LogP contribution in [0.2, 0.25) is 0 Å². The molecule has 0 aliphatic heterocycles. The number of rotatable bonds is 6. The van der Waals surface area contributed by atoms with Crippen molar-refractivity contribution in [2.45, 2.75) is 46.1 Å². The van der Waals surface area contributed by atoms with Gasteiger partial charge >= 0.3 is 0 Å². The Morgan fingerprint density at radius 2 is 2.21 bits per heavy atom. The summed E-state index contributed by atoms with van der Waals surface area (Å²) < 4.78 is 1.69. The van der Waals surface area contributed by atoms with Crippen molar-refractivity contribution in [1.82, 2.24) is 15.0 Å². The van der Waals surface area contributed by atoms with Gasteiger partial charge in [-0.15, -0.1) is 5.10 Å². The van der Waals surface area contributed by atoms with Crippen molar-refractivity contribution in [3.8, 4) is 0 Å². The Bertz CT molecular complexity index is 293. The third-order valence-electron chi connectivity index (χ3n) is 2.10. The van der Waals surface area contributed by atoms with Crippen molar-refractivity contribution in [2.75, 3.05) is 0 Å². The zero-order chi connectivity index (χ0) is 10.4. The van der Waals surface area contributed by atoms with Gasteiger partial charge in [-0.3, -0.25) is 4.79 Å². The molecule has 0 fully saturated rings. The van der Waals surface area contributed by atoms with Crippen LogP contribution in [0, 0.1) is 0 Å². The molecule has 4 nitrogen and oxygen atoms in total. The average molecular weight is 195 g/mol. The van der Waals surface area contributed by atoms with Gasteiger partial charge in [0, 0.05) is 13.0 Å². The zero-order valence-electron chi connectivity index (χ0n) is 8.86. The second-order valence-corrected chi connectivity index (χ2v) is 3.37. The number of aromatic nitrogens is 3. The minimum Gasteiger partial charge on any atom is -0.292 e. The predicted octanol–water partition coefficient (Wildman–Crippen LogP) is 2.06. The maximum atomic E-state index is 11.7. The summed E-state index contributed by atoms with van der Waals surface area (Å²) in [4.78, 5) is 11.7. The topological polar surface area (TPSA) is 47.8 Å². The maximum absolute atomic E-state index is 11.7. The van der Waals surface area contributed by atoms with E-state index in [0.717, 1.165) is 25.8 Å². The Balaban J connectivity index is 2.63. The third kappa shape index (κ3) is 2.65. The van der Waals surface area contributed by atoms with Crippen LogP contribution in [0.5, 0.6) is 0 Å². The van der Waals surface area contributed by atoms with Crippen molar-refractivity contribution in [2.24, 2.45) is 0 Å². The lowest BCUT2D eigenvalue weighted by Gasteiger charge is -2.02. The molecule has 0 aliphatic rings. The van der Waals surface area contributed by atoms with Crippen LogP contribution in [-0.2, 0) is 6.54 Å². The molecule has 0 spiro atoms. The molecule has 0 bridgehead atoms. The quantitative estimate of drug-likeness (QED) is 0.653. The molecule has 4 heteroatoms. The summed E-state index contributed by atoms with van der Waals surface area (Å²) in [6.45, 7) is 4.91. The molecule has 0 unspecified atom stereocenters. The summed E-state index contributed by atoms with van der Waals surface area (Å²) in [5.41, 5.74) is 0.653. The highest BCUT2D eigenvalue weighted by atomic mass is 16.1. The van der Waals surface area contributed by atoms with E-state index in [-0.39, 0.29) is 5.78 Å². The van der Waals surface area contributed by atoms with E-state index in [9.17, 15) is 4.79 Å². The van der Waals surface area contributed by atoms with Gasteiger partial charge in [-0.25, -0.2) is 4.68 Å². The smallest absolute Gasteiger partial charge is 0.182 e. The summed E-state index contributed by atoms with van der Waals surface area (Å²) in [6.07, 6.45) is 5.12. The number of aryl methyl sites for hydroxylation is 1. The van der Waals surface area contributed by atoms with E-state index in [1.165, 1.54) is 0 Å². The molecule has 0 amide bonds. The number of Topliss-reactive ketones (excluding diaryl/α,β-unsaturated/α-hetero) is 1.